The highest BCUT2D eigenvalue weighted by Gasteiger charge is 2.20. The van der Waals surface area contributed by atoms with E-state index in [1.165, 1.54) is 33.0 Å². The molecule has 0 radical (unpaired) electrons. The van der Waals surface area contributed by atoms with Crippen LogP contribution in [0.1, 0.15) is 111 Å². The molecule has 2 aliphatic heterocycles. The SMILES string of the molecule is CCCCN(CCC)C(=O)Nc1ccc2[nH]cc(C3=CCN(CC(C)C)CC3)c2c1.CCCN(CCC)C(=O)Nc1ccc2[nH]cc(C3=CCN(CC(C)C)CC3)c2c1. The van der Waals surface area contributed by atoms with Crippen molar-refractivity contribution in [1.29, 1.82) is 0 Å². The molecule has 0 bridgehead atoms. The van der Waals surface area contributed by atoms with Crippen LogP contribution in [0.2, 0.25) is 0 Å². The van der Waals surface area contributed by atoms with E-state index in [4.69, 9.17) is 0 Å². The number of aromatic nitrogens is 2. The van der Waals surface area contributed by atoms with Gasteiger partial charge in [0.2, 0.25) is 0 Å². The molecule has 4 aromatic rings. The van der Waals surface area contributed by atoms with Crippen LogP contribution in [0, 0.1) is 11.8 Å². The van der Waals surface area contributed by atoms with E-state index in [1.54, 1.807) is 0 Å². The number of hydrogen-bond donors (Lipinski definition) is 4. The summed E-state index contributed by atoms with van der Waals surface area (Å²) in [6.07, 6.45) is 16.1. The Morgan fingerprint density at radius 1 is 0.627 bits per heavy atom. The van der Waals surface area contributed by atoms with Crippen LogP contribution in [0.4, 0.5) is 21.0 Å². The predicted octanol–water partition coefficient (Wildman–Crippen LogP) is 11.5. The van der Waals surface area contributed by atoms with Gasteiger partial charge in [-0.05, 0) is 97.9 Å². The number of nitrogens with one attached hydrogen (secondary N) is 4. The summed E-state index contributed by atoms with van der Waals surface area (Å²) in [6, 6.07) is 12.3. The molecule has 322 valence electrons. The third-order valence-corrected chi connectivity index (χ3v) is 11.2. The summed E-state index contributed by atoms with van der Waals surface area (Å²) < 4.78 is 0. The lowest BCUT2D eigenvalue weighted by atomic mass is 9.98. The second-order valence-electron chi connectivity index (χ2n) is 17.4. The van der Waals surface area contributed by atoms with Crippen LogP contribution in [0.25, 0.3) is 33.0 Å². The molecule has 0 saturated heterocycles. The Morgan fingerprint density at radius 3 is 1.41 bits per heavy atom. The highest BCUT2D eigenvalue weighted by molar-refractivity contribution is 5.99. The fourth-order valence-electron chi connectivity index (χ4n) is 8.40. The number of rotatable bonds is 17. The molecule has 0 aliphatic carbocycles. The van der Waals surface area contributed by atoms with E-state index in [1.807, 2.05) is 21.9 Å². The van der Waals surface area contributed by atoms with E-state index in [0.717, 1.165) is 133 Å². The van der Waals surface area contributed by atoms with Gasteiger partial charge in [0, 0.05) is 122 Å². The van der Waals surface area contributed by atoms with Crippen molar-refractivity contribution in [2.75, 3.05) is 76.1 Å². The summed E-state index contributed by atoms with van der Waals surface area (Å²) in [5.74, 6) is 1.40. The topological polar surface area (TPSA) is 103 Å². The molecule has 10 nitrogen and oxygen atoms in total. The van der Waals surface area contributed by atoms with E-state index in [2.05, 4.69) is 135 Å². The number of carbonyl (C=O) groups excluding carboxylic acids is 2. The minimum atomic E-state index is -0.00801. The highest BCUT2D eigenvalue weighted by atomic mass is 16.2. The Hall–Kier alpha value is -4.54. The highest BCUT2D eigenvalue weighted by Crippen LogP contribution is 2.33. The first-order chi connectivity index (χ1) is 28.5. The van der Waals surface area contributed by atoms with E-state index < -0.39 is 0 Å². The van der Waals surface area contributed by atoms with Gasteiger partial charge in [-0.3, -0.25) is 9.80 Å². The van der Waals surface area contributed by atoms with E-state index in [0.29, 0.717) is 11.8 Å². The largest absolute Gasteiger partial charge is 0.361 e. The quantitative estimate of drug-likeness (QED) is 0.0853. The lowest BCUT2D eigenvalue weighted by Crippen LogP contribution is -2.36. The molecule has 10 heteroatoms. The van der Waals surface area contributed by atoms with Crippen LogP contribution in [0.15, 0.2) is 60.9 Å². The number of carbonyl (C=O) groups is 2. The van der Waals surface area contributed by atoms with Crippen LogP contribution in [-0.2, 0) is 0 Å². The molecule has 0 unspecified atom stereocenters. The number of hydrogen-bond acceptors (Lipinski definition) is 4. The minimum Gasteiger partial charge on any atom is -0.361 e. The predicted molar refractivity (Wildman–Crippen MR) is 251 cm³/mol. The zero-order chi connectivity index (χ0) is 42.3. The molecule has 59 heavy (non-hydrogen) atoms. The van der Waals surface area contributed by atoms with E-state index in [9.17, 15) is 9.59 Å². The van der Waals surface area contributed by atoms with E-state index in [-0.39, 0.29) is 12.1 Å². The first-order valence-electron chi connectivity index (χ1n) is 22.7. The normalized spacial score (nSPS) is 14.9. The maximum atomic E-state index is 12.8. The van der Waals surface area contributed by atoms with Crippen molar-refractivity contribution in [2.45, 2.75) is 100 Å². The minimum absolute atomic E-state index is 0.00273. The van der Waals surface area contributed by atoms with Gasteiger partial charge in [0.25, 0.3) is 0 Å². The second-order valence-corrected chi connectivity index (χ2v) is 17.4. The summed E-state index contributed by atoms with van der Waals surface area (Å²) >= 11 is 0. The Labute approximate surface area is 354 Å². The first-order valence-corrected chi connectivity index (χ1v) is 22.7. The summed E-state index contributed by atoms with van der Waals surface area (Å²) in [5, 5.41) is 8.59. The zero-order valence-electron chi connectivity index (χ0n) is 37.6. The van der Waals surface area contributed by atoms with Crippen molar-refractivity contribution in [3.05, 3.63) is 72.1 Å². The fraction of sp³-hybridized carbons (Fsp3) is 0.551. The number of amides is 4. The number of aromatic amines is 2. The van der Waals surface area contributed by atoms with Gasteiger partial charge in [0.05, 0.1) is 0 Å². The van der Waals surface area contributed by atoms with Crippen LogP contribution in [-0.4, -0.2) is 107 Å². The van der Waals surface area contributed by atoms with Gasteiger partial charge in [-0.25, -0.2) is 9.59 Å². The number of H-pyrrole nitrogens is 2. The molecule has 6 rings (SSSR count). The molecule has 0 spiro atoms. The van der Waals surface area contributed by atoms with Crippen LogP contribution in [0.5, 0.6) is 0 Å². The summed E-state index contributed by atoms with van der Waals surface area (Å²) in [7, 11) is 0. The van der Waals surface area contributed by atoms with Crippen molar-refractivity contribution < 1.29 is 9.59 Å². The average Bonchev–Trinajstić information content (AvgIpc) is 3.84. The van der Waals surface area contributed by atoms with Gasteiger partial charge in [0.1, 0.15) is 0 Å². The molecule has 0 saturated carbocycles. The monoisotopic (exact) mass is 807 g/mol. The lowest BCUT2D eigenvalue weighted by Gasteiger charge is -2.27. The Bertz CT molecular complexity index is 2000. The van der Waals surface area contributed by atoms with Crippen LogP contribution >= 0.6 is 0 Å². The van der Waals surface area contributed by atoms with Gasteiger partial charge in [0.15, 0.2) is 0 Å². The average molecular weight is 807 g/mol. The van der Waals surface area contributed by atoms with Crippen molar-refractivity contribution >= 4 is 56.4 Å². The van der Waals surface area contributed by atoms with Gasteiger partial charge in [-0.15, -0.1) is 0 Å². The smallest absolute Gasteiger partial charge is 0.321 e. The number of urea groups is 2. The Morgan fingerprint density at radius 2 is 1.05 bits per heavy atom. The summed E-state index contributed by atoms with van der Waals surface area (Å²) in [5.41, 5.74) is 9.29. The lowest BCUT2D eigenvalue weighted by molar-refractivity contribution is 0.210. The molecular weight excluding hydrogens is 733 g/mol. The molecule has 4 N–H and O–H groups in total. The van der Waals surface area contributed by atoms with Crippen molar-refractivity contribution in [1.82, 2.24) is 29.6 Å². The van der Waals surface area contributed by atoms with Crippen molar-refractivity contribution in [2.24, 2.45) is 11.8 Å². The molecule has 2 aromatic carbocycles. The molecule has 0 atom stereocenters. The summed E-state index contributed by atoms with van der Waals surface area (Å²) in [6.45, 7) is 27.3. The Kier molecular flexibility index (Phi) is 17.5. The zero-order valence-corrected chi connectivity index (χ0v) is 37.6. The van der Waals surface area contributed by atoms with Crippen molar-refractivity contribution in [3.63, 3.8) is 0 Å². The van der Waals surface area contributed by atoms with Crippen LogP contribution in [0.3, 0.4) is 0 Å². The van der Waals surface area contributed by atoms with Gasteiger partial charge in [-0.1, -0.05) is 74.0 Å². The number of nitrogens with zero attached hydrogens (tertiary/aromatic N) is 4. The standard InChI is InChI=1S/C25H38N4O.C24H36N4O/c1-5-7-13-29(12-6-2)25(30)27-21-8-9-24-22(16-21)23(17-26-24)20-10-14-28(15-11-20)18-19(3)4;1-5-11-28(12-6-2)24(29)26-20-7-8-23-21(15-20)22(16-25-23)19-9-13-27(14-10-19)17-18(3)4/h8-10,16-17,19,26H,5-7,11-15,18H2,1-4H3,(H,27,30);7-9,15-16,18,25H,5-6,10-14,17H2,1-4H3,(H,26,29). The number of unbranched alkanes of at least 4 members (excludes halogenated alkanes) is 1. The molecule has 2 aromatic heterocycles. The first kappa shape index (κ1) is 45.5. The third-order valence-electron chi connectivity index (χ3n) is 11.2. The van der Waals surface area contributed by atoms with Crippen molar-refractivity contribution in [3.8, 4) is 0 Å². The summed E-state index contributed by atoms with van der Waals surface area (Å²) in [4.78, 5) is 41.1. The maximum absolute atomic E-state index is 12.8. The van der Waals surface area contributed by atoms with Gasteiger partial charge < -0.3 is 30.4 Å². The molecule has 4 heterocycles. The second kappa shape index (κ2) is 22.7. The van der Waals surface area contributed by atoms with Gasteiger partial charge >= 0.3 is 12.1 Å². The third kappa shape index (κ3) is 13.0. The molecular formula is C49H74N8O2. The number of fused-ring (bicyclic) bond motifs is 2. The van der Waals surface area contributed by atoms with Crippen LogP contribution < -0.4 is 10.6 Å². The van der Waals surface area contributed by atoms with Gasteiger partial charge in [-0.2, -0.15) is 0 Å². The number of benzene rings is 2. The fourth-order valence-corrected chi connectivity index (χ4v) is 8.40. The maximum Gasteiger partial charge on any atom is 0.321 e. The number of anilines is 2. The molecule has 0 fully saturated rings. The van der Waals surface area contributed by atoms with E-state index >= 15 is 0 Å². The molecule has 2 aliphatic rings. The Balaban J connectivity index is 0.000000224. The molecule has 4 amide bonds.